The fourth-order valence-corrected chi connectivity index (χ4v) is 1.68. The van der Waals surface area contributed by atoms with Crippen LogP contribution < -0.4 is 5.32 Å². The summed E-state index contributed by atoms with van der Waals surface area (Å²) < 4.78 is 1.85. The van der Waals surface area contributed by atoms with Crippen molar-refractivity contribution in [1.82, 2.24) is 9.78 Å². The first-order valence-corrected chi connectivity index (χ1v) is 5.96. The summed E-state index contributed by atoms with van der Waals surface area (Å²) in [6.07, 6.45) is 3.65. The molecule has 0 aliphatic rings. The van der Waals surface area contributed by atoms with E-state index in [0.29, 0.717) is 6.04 Å². The number of benzene rings is 1. The molecule has 0 bridgehead atoms. The van der Waals surface area contributed by atoms with Crippen LogP contribution in [0, 0.1) is 11.3 Å². The number of rotatable bonds is 4. The second kappa shape index (κ2) is 5.37. The monoisotopic (exact) mass is 240 g/mol. The highest BCUT2D eigenvalue weighted by molar-refractivity contribution is 5.46. The summed E-state index contributed by atoms with van der Waals surface area (Å²) in [7, 11) is 0. The van der Waals surface area contributed by atoms with E-state index in [1.807, 2.05) is 41.2 Å². The summed E-state index contributed by atoms with van der Waals surface area (Å²) in [5, 5.41) is 16.7. The van der Waals surface area contributed by atoms with E-state index in [0.717, 1.165) is 11.3 Å². The number of aromatic nitrogens is 2. The van der Waals surface area contributed by atoms with Gasteiger partial charge in [0.05, 0.1) is 12.3 Å². The summed E-state index contributed by atoms with van der Waals surface area (Å²) in [6.45, 7) is 4.12. The minimum atomic E-state index is -0.375. The van der Waals surface area contributed by atoms with Gasteiger partial charge in [-0.1, -0.05) is 18.2 Å². The molecule has 1 heterocycles. The van der Waals surface area contributed by atoms with E-state index < -0.39 is 0 Å². The van der Waals surface area contributed by atoms with Crippen LogP contribution in [0.15, 0.2) is 42.7 Å². The van der Waals surface area contributed by atoms with E-state index in [-0.39, 0.29) is 6.04 Å². The van der Waals surface area contributed by atoms with Crippen molar-refractivity contribution < 1.29 is 0 Å². The molecule has 0 radical (unpaired) electrons. The molecule has 2 aromatic rings. The van der Waals surface area contributed by atoms with Gasteiger partial charge < -0.3 is 5.32 Å². The van der Waals surface area contributed by atoms with Crippen molar-refractivity contribution in [3.63, 3.8) is 0 Å². The van der Waals surface area contributed by atoms with Gasteiger partial charge in [-0.25, -0.2) is 0 Å². The average Bonchev–Trinajstić information content (AvgIpc) is 2.87. The first kappa shape index (κ1) is 12.2. The van der Waals surface area contributed by atoms with Gasteiger partial charge in [0.15, 0.2) is 0 Å². The van der Waals surface area contributed by atoms with Crippen molar-refractivity contribution in [2.45, 2.75) is 25.9 Å². The molecule has 1 atom stereocenters. The van der Waals surface area contributed by atoms with Gasteiger partial charge >= 0.3 is 0 Å². The average molecular weight is 240 g/mol. The Morgan fingerprint density at radius 1 is 1.28 bits per heavy atom. The lowest BCUT2D eigenvalue weighted by atomic mass is 10.1. The Morgan fingerprint density at radius 3 is 2.56 bits per heavy atom. The molecule has 0 spiro atoms. The Labute approximate surface area is 107 Å². The van der Waals surface area contributed by atoms with Gasteiger partial charge in [-0.2, -0.15) is 10.4 Å². The second-order valence-corrected chi connectivity index (χ2v) is 4.42. The highest BCUT2D eigenvalue weighted by Crippen LogP contribution is 2.19. The summed E-state index contributed by atoms with van der Waals surface area (Å²) in [5.74, 6) is 0. The van der Waals surface area contributed by atoms with Crippen molar-refractivity contribution in [3.05, 3.63) is 48.3 Å². The van der Waals surface area contributed by atoms with Crippen LogP contribution in [0.2, 0.25) is 0 Å². The normalized spacial score (nSPS) is 12.1. The SMILES string of the molecule is CC(C)n1cc(C(C#N)Nc2ccccc2)cn1. The van der Waals surface area contributed by atoms with Gasteiger partial charge in [-0.05, 0) is 26.0 Å². The van der Waals surface area contributed by atoms with Crippen molar-refractivity contribution >= 4 is 5.69 Å². The summed E-state index contributed by atoms with van der Waals surface area (Å²) in [4.78, 5) is 0. The topological polar surface area (TPSA) is 53.6 Å². The molecule has 0 saturated heterocycles. The maximum absolute atomic E-state index is 9.24. The minimum Gasteiger partial charge on any atom is -0.366 e. The maximum Gasteiger partial charge on any atom is 0.143 e. The predicted octanol–water partition coefficient (Wildman–Crippen LogP) is 3.14. The molecule has 18 heavy (non-hydrogen) atoms. The number of hydrogen-bond acceptors (Lipinski definition) is 3. The molecule has 1 aromatic heterocycles. The van der Waals surface area contributed by atoms with Crippen LogP contribution >= 0.6 is 0 Å². The Hall–Kier alpha value is -2.28. The van der Waals surface area contributed by atoms with E-state index in [4.69, 9.17) is 0 Å². The Morgan fingerprint density at radius 2 is 2.00 bits per heavy atom. The third kappa shape index (κ3) is 2.69. The van der Waals surface area contributed by atoms with Crippen molar-refractivity contribution in [2.75, 3.05) is 5.32 Å². The molecule has 0 fully saturated rings. The number of nitrogens with one attached hydrogen (secondary N) is 1. The Kier molecular flexibility index (Phi) is 3.63. The first-order valence-electron chi connectivity index (χ1n) is 5.96. The molecular weight excluding hydrogens is 224 g/mol. The number of anilines is 1. The van der Waals surface area contributed by atoms with Crippen molar-refractivity contribution in [3.8, 4) is 6.07 Å². The highest BCUT2D eigenvalue weighted by Gasteiger charge is 2.13. The Bertz CT molecular complexity index is 536. The zero-order valence-electron chi connectivity index (χ0n) is 10.5. The molecule has 92 valence electrons. The smallest absolute Gasteiger partial charge is 0.143 e. The lowest BCUT2D eigenvalue weighted by Gasteiger charge is -2.11. The number of para-hydroxylation sites is 1. The molecule has 1 unspecified atom stereocenters. The highest BCUT2D eigenvalue weighted by atomic mass is 15.3. The van der Waals surface area contributed by atoms with Gasteiger partial charge in [0.1, 0.15) is 6.04 Å². The summed E-state index contributed by atoms with van der Waals surface area (Å²) in [5.41, 5.74) is 1.82. The van der Waals surface area contributed by atoms with Gasteiger partial charge in [-0.15, -0.1) is 0 Å². The zero-order valence-corrected chi connectivity index (χ0v) is 10.5. The van der Waals surface area contributed by atoms with Crippen LogP contribution in [0.1, 0.15) is 31.5 Å². The first-order chi connectivity index (χ1) is 8.70. The predicted molar refractivity (Wildman–Crippen MR) is 71.0 cm³/mol. The maximum atomic E-state index is 9.24. The molecule has 0 aliphatic heterocycles. The van der Waals surface area contributed by atoms with Crippen LogP contribution in [0.5, 0.6) is 0 Å². The van der Waals surface area contributed by atoms with Gasteiger partial charge in [0.2, 0.25) is 0 Å². The fourth-order valence-electron chi connectivity index (χ4n) is 1.68. The van der Waals surface area contributed by atoms with E-state index >= 15 is 0 Å². The standard InChI is InChI=1S/C14H16N4/c1-11(2)18-10-12(9-16-18)14(8-15)17-13-6-4-3-5-7-13/h3-7,9-11,14,17H,1-2H3. The quantitative estimate of drug-likeness (QED) is 0.893. The van der Waals surface area contributed by atoms with E-state index in [1.165, 1.54) is 0 Å². The van der Waals surface area contributed by atoms with Gasteiger partial charge in [0.25, 0.3) is 0 Å². The molecule has 0 saturated carbocycles. The van der Waals surface area contributed by atoms with Gasteiger partial charge in [-0.3, -0.25) is 4.68 Å². The zero-order chi connectivity index (χ0) is 13.0. The van der Waals surface area contributed by atoms with Crippen LogP contribution in [0.3, 0.4) is 0 Å². The van der Waals surface area contributed by atoms with Crippen molar-refractivity contribution in [2.24, 2.45) is 0 Å². The molecule has 1 N–H and O–H groups in total. The van der Waals surface area contributed by atoms with E-state index in [9.17, 15) is 5.26 Å². The summed E-state index contributed by atoms with van der Waals surface area (Å²) in [6, 6.07) is 11.9. The fraction of sp³-hybridized carbons (Fsp3) is 0.286. The Balaban J connectivity index is 2.16. The number of nitriles is 1. The van der Waals surface area contributed by atoms with Crippen LogP contribution in [-0.4, -0.2) is 9.78 Å². The third-order valence-corrected chi connectivity index (χ3v) is 2.70. The molecule has 4 heteroatoms. The third-order valence-electron chi connectivity index (χ3n) is 2.70. The largest absolute Gasteiger partial charge is 0.366 e. The van der Waals surface area contributed by atoms with Gasteiger partial charge in [0, 0.05) is 23.5 Å². The number of hydrogen-bond donors (Lipinski definition) is 1. The lowest BCUT2D eigenvalue weighted by molar-refractivity contribution is 0.532. The molecule has 1 aromatic carbocycles. The molecule has 0 amide bonds. The van der Waals surface area contributed by atoms with Crippen LogP contribution in [-0.2, 0) is 0 Å². The van der Waals surface area contributed by atoms with E-state index in [2.05, 4.69) is 30.3 Å². The molecule has 2 rings (SSSR count). The summed E-state index contributed by atoms with van der Waals surface area (Å²) >= 11 is 0. The molecule has 4 nitrogen and oxygen atoms in total. The van der Waals surface area contributed by atoms with E-state index in [1.54, 1.807) is 6.20 Å². The van der Waals surface area contributed by atoms with Crippen LogP contribution in [0.4, 0.5) is 5.69 Å². The number of nitrogens with zero attached hydrogens (tertiary/aromatic N) is 3. The second-order valence-electron chi connectivity index (χ2n) is 4.42. The van der Waals surface area contributed by atoms with Crippen molar-refractivity contribution in [1.29, 1.82) is 5.26 Å². The molecular formula is C14H16N4. The lowest BCUT2D eigenvalue weighted by Crippen LogP contribution is -2.07. The molecule has 0 aliphatic carbocycles. The minimum absolute atomic E-state index is 0.301. The van der Waals surface area contributed by atoms with Crippen LogP contribution in [0.25, 0.3) is 0 Å².